The number of carboxylic acids is 1. The number of carbonyl (C=O) groups excluding carboxylic acids is 1. The molecule has 7 nitrogen and oxygen atoms in total. The lowest BCUT2D eigenvalue weighted by atomic mass is 10.2. The summed E-state index contributed by atoms with van der Waals surface area (Å²) in [6, 6.07) is 2.80. The molecular formula is C11H10N2O5. The molecule has 0 saturated carbocycles. The van der Waals surface area contributed by atoms with Crippen molar-refractivity contribution in [3.05, 3.63) is 41.2 Å². The highest BCUT2D eigenvalue weighted by Gasteiger charge is 2.15. The number of hydrogen-bond acceptors (Lipinski definition) is 5. The van der Waals surface area contributed by atoms with Crippen LogP contribution in [0.3, 0.4) is 0 Å². The molecule has 1 amide bonds. The van der Waals surface area contributed by atoms with Crippen molar-refractivity contribution in [2.24, 2.45) is 0 Å². The van der Waals surface area contributed by atoms with E-state index in [1.54, 1.807) is 6.92 Å². The third-order valence-electron chi connectivity index (χ3n) is 2.29. The van der Waals surface area contributed by atoms with E-state index < -0.39 is 11.9 Å². The number of hydrogen-bond donors (Lipinski definition) is 2. The fourth-order valence-corrected chi connectivity index (χ4v) is 1.43. The molecule has 0 atom stereocenters. The van der Waals surface area contributed by atoms with Crippen LogP contribution in [0.4, 0.5) is 0 Å². The number of nitrogens with one attached hydrogen (secondary N) is 1. The van der Waals surface area contributed by atoms with Gasteiger partial charge < -0.3 is 19.4 Å². The summed E-state index contributed by atoms with van der Waals surface area (Å²) in [6.45, 7) is 1.63. The maximum Gasteiger partial charge on any atom is 0.339 e. The van der Waals surface area contributed by atoms with Crippen LogP contribution in [-0.4, -0.2) is 22.1 Å². The van der Waals surface area contributed by atoms with Crippen LogP contribution >= 0.6 is 0 Å². The Hall–Kier alpha value is -2.57. The van der Waals surface area contributed by atoms with Gasteiger partial charge in [0.05, 0.1) is 6.54 Å². The first-order valence-electron chi connectivity index (χ1n) is 5.09. The van der Waals surface area contributed by atoms with E-state index in [2.05, 4.69) is 15.0 Å². The normalized spacial score (nSPS) is 10.3. The largest absolute Gasteiger partial charge is 0.478 e. The summed E-state index contributed by atoms with van der Waals surface area (Å²) in [5.74, 6) is -0.824. The number of amides is 1. The zero-order chi connectivity index (χ0) is 13.1. The maximum atomic E-state index is 11.5. The third kappa shape index (κ3) is 2.40. The molecule has 0 aliphatic rings. The molecule has 0 radical (unpaired) electrons. The van der Waals surface area contributed by atoms with Gasteiger partial charge in [0, 0.05) is 6.07 Å². The van der Waals surface area contributed by atoms with E-state index in [4.69, 9.17) is 9.52 Å². The van der Waals surface area contributed by atoms with Crippen LogP contribution in [0, 0.1) is 6.92 Å². The Balaban J connectivity index is 2.01. The molecule has 0 fully saturated rings. The Bertz CT molecular complexity index is 570. The minimum atomic E-state index is -1.06. The lowest BCUT2D eigenvalue weighted by Gasteiger charge is -1.98. The molecule has 0 aliphatic heterocycles. The summed E-state index contributed by atoms with van der Waals surface area (Å²) in [5, 5.41) is 14.8. The Morgan fingerprint density at radius 2 is 2.28 bits per heavy atom. The average molecular weight is 250 g/mol. The Morgan fingerprint density at radius 1 is 1.50 bits per heavy atom. The van der Waals surface area contributed by atoms with Crippen LogP contribution in [0.1, 0.15) is 32.4 Å². The Morgan fingerprint density at radius 3 is 2.83 bits per heavy atom. The molecule has 0 aliphatic carbocycles. The van der Waals surface area contributed by atoms with Crippen molar-refractivity contribution < 1.29 is 23.6 Å². The van der Waals surface area contributed by atoms with Crippen LogP contribution in [0.2, 0.25) is 0 Å². The predicted octanol–water partition coefficient (Wildman–Crippen LogP) is 1.20. The molecule has 2 aromatic heterocycles. The van der Waals surface area contributed by atoms with Crippen LogP contribution < -0.4 is 5.32 Å². The van der Waals surface area contributed by atoms with Crippen molar-refractivity contribution in [3.8, 4) is 0 Å². The fraction of sp³-hybridized carbons (Fsp3) is 0.182. The molecule has 0 saturated heterocycles. The number of carbonyl (C=O) groups is 2. The minimum Gasteiger partial charge on any atom is -0.478 e. The monoisotopic (exact) mass is 250 g/mol. The second-order valence-corrected chi connectivity index (χ2v) is 3.56. The number of nitrogens with zero attached hydrogens (tertiary/aromatic N) is 1. The van der Waals surface area contributed by atoms with Crippen molar-refractivity contribution in [2.75, 3.05) is 0 Å². The van der Waals surface area contributed by atoms with Gasteiger partial charge in [0.25, 0.3) is 5.91 Å². The summed E-state index contributed by atoms with van der Waals surface area (Å²) >= 11 is 0. The maximum absolute atomic E-state index is 11.5. The highest BCUT2D eigenvalue weighted by atomic mass is 16.5. The van der Waals surface area contributed by atoms with Crippen LogP contribution in [0.25, 0.3) is 0 Å². The van der Waals surface area contributed by atoms with Crippen molar-refractivity contribution in [1.82, 2.24) is 10.5 Å². The van der Waals surface area contributed by atoms with Gasteiger partial charge in [-0.3, -0.25) is 4.79 Å². The van der Waals surface area contributed by atoms with Gasteiger partial charge in [-0.2, -0.15) is 0 Å². The van der Waals surface area contributed by atoms with Gasteiger partial charge in [-0.05, 0) is 13.0 Å². The number of furan rings is 1. The first-order valence-corrected chi connectivity index (χ1v) is 5.09. The lowest BCUT2D eigenvalue weighted by Crippen LogP contribution is -2.22. The van der Waals surface area contributed by atoms with Gasteiger partial charge >= 0.3 is 5.97 Å². The molecule has 7 heteroatoms. The van der Waals surface area contributed by atoms with E-state index in [0.29, 0.717) is 11.5 Å². The molecule has 0 unspecified atom stereocenters. The topological polar surface area (TPSA) is 106 Å². The van der Waals surface area contributed by atoms with E-state index in [0.717, 1.165) is 0 Å². The van der Waals surface area contributed by atoms with E-state index in [9.17, 15) is 9.59 Å². The zero-order valence-corrected chi connectivity index (χ0v) is 9.47. The SMILES string of the molecule is Cc1oc(CNC(=O)c2ccon2)cc1C(=O)O. The third-order valence-corrected chi connectivity index (χ3v) is 2.29. The van der Waals surface area contributed by atoms with Crippen LogP contribution in [0.5, 0.6) is 0 Å². The van der Waals surface area contributed by atoms with Gasteiger partial charge in [0.1, 0.15) is 23.3 Å². The number of carboxylic acid groups (broad SMARTS) is 1. The smallest absolute Gasteiger partial charge is 0.339 e. The predicted molar refractivity (Wildman–Crippen MR) is 58.1 cm³/mol. The molecule has 0 aromatic carbocycles. The molecule has 18 heavy (non-hydrogen) atoms. The second kappa shape index (κ2) is 4.74. The van der Waals surface area contributed by atoms with Crippen molar-refractivity contribution in [1.29, 1.82) is 0 Å². The average Bonchev–Trinajstić information content (AvgIpc) is 2.94. The Kier molecular flexibility index (Phi) is 3.13. The Labute approximate surface area is 101 Å². The standard InChI is InChI=1S/C11H10N2O5/c1-6-8(11(15)16)4-7(18-6)5-12-10(14)9-2-3-17-13-9/h2-4H,5H2,1H3,(H,12,14)(H,15,16). The fourth-order valence-electron chi connectivity index (χ4n) is 1.43. The van der Waals surface area contributed by atoms with Gasteiger partial charge in [-0.15, -0.1) is 0 Å². The van der Waals surface area contributed by atoms with Crippen molar-refractivity contribution in [2.45, 2.75) is 13.5 Å². The number of rotatable bonds is 4. The van der Waals surface area contributed by atoms with Gasteiger partial charge in [0.2, 0.25) is 0 Å². The van der Waals surface area contributed by atoms with E-state index >= 15 is 0 Å². The summed E-state index contributed by atoms with van der Waals surface area (Å²) in [4.78, 5) is 22.3. The molecular weight excluding hydrogens is 240 g/mol. The molecule has 0 spiro atoms. The number of aromatic nitrogens is 1. The minimum absolute atomic E-state index is 0.0831. The lowest BCUT2D eigenvalue weighted by molar-refractivity contribution is 0.0694. The summed E-state index contributed by atoms with van der Waals surface area (Å²) < 4.78 is 9.73. The summed E-state index contributed by atoms with van der Waals surface area (Å²) in [5.41, 5.74) is 0.234. The van der Waals surface area contributed by atoms with E-state index in [1.165, 1.54) is 18.4 Å². The summed E-state index contributed by atoms with van der Waals surface area (Å²) in [7, 11) is 0. The van der Waals surface area contributed by atoms with Gasteiger partial charge in [-0.25, -0.2) is 4.79 Å². The van der Waals surface area contributed by atoms with Crippen molar-refractivity contribution >= 4 is 11.9 Å². The quantitative estimate of drug-likeness (QED) is 0.844. The molecule has 2 rings (SSSR count). The van der Waals surface area contributed by atoms with Crippen LogP contribution in [-0.2, 0) is 6.54 Å². The summed E-state index contributed by atoms with van der Waals surface area (Å²) in [6.07, 6.45) is 1.29. The molecule has 2 N–H and O–H groups in total. The highest BCUT2D eigenvalue weighted by Crippen LogP contribution is 2.14. The van der Waals surface area contributed by atoms with E-state index in [1.807, 2.05) is 0 Å². The molecule has 2 heterocycles. The zero-order valence-electron chi connectivity index (χ0n) is 9.47. The van der Waals surface area contributed by atoms with Crippen molar-refractivity contribution in [3.63, 3.8) is 0 Å². The second-order valence-electron chi connectivity index (χ2n) is 3.56. The highest BCUT2D eigenvalue weighted by molar-refractivity contribution is 5.92. The molecule has 0 bridgehead atoms. The first kappa shape index (κ1) is 11.9. The molecule has 94 valence electrons. The number of aryl methyl sites for hydroxylation is 1. The molecule has 2 aromatic rings. The first-order chi connectivity index (χ1) is 8.58. The van der Waals surface area contributed by atoms with Gasteiger partial charge in [-0.1, -0.05) is 5.16 Å². The van der Waals surface area contributed by atoms with Crippen LogP contribution in [0.15, 0.2) is 27.3 Å². The van der Waals surface area contributed by atoms with E-state index in [-0.39, 0.29) is 17.8 Å². The number of aromatic carboxylic acids is 1. The van der Waals surface area contributed by atoms with Gasteiger partial charge in [0.15, 0.2) is 5.69 Å².